The monoisotopic (exact) mass is 345 g/mol. The molecule has 2 aromatic rings. The van der Waals surface area contributed by atoms with Crippen LogP contribution < -0.4 is 5.32 Å². The summed E-state index contributed by atoms with van der Waals surface area (Å²) < 4.78 is 6.41. The molecular weight excluding hydrogens is 326 g/mol. The summed E-state index contributed by atoms with van der Waals surface area (Å²) in [6.07, 6.45) is 2.39. The zero-order valence-electron chi connectivity index (χ0n) is 12.2. The van der Waals surface area contributed by atoms with Gasteiger partial charge in [0.25, 0.3) is 0 Å². The van der Waals surface area contributed by atoms with E-state index in [0.29, 0.717) is 18.6 Å². The van der Waals surface area contributed by atoms with Crippen molar-refractivity contribution in [2.75, 3.05) is 12.4 Å². The maximum atomic E-state index is 5.26. The first-order valence-corrected chi connectivity index (χ1v) is 8.14. The van der Waals surface area contributed by atoms with Crippen molar-refractivity contribution in [2.45, 2.75) is 31.4 Å². The van der Waals surface area contributed by atoms with Crippen molar-refractivity contribution in [3.63, 3.8) is 0 Å². The van der Waals surface area contributed by atoms with Gasteiger partial charge in [-0.25, -0.2) is 0 Å². The number of hydrogen-bond acceptors (Lipinski definition) is 2. The molecule has 0 heterocycles. The molecule has 0 bridgehead atoms. The summed E-state index contributed by atoms with van der Waals surface area (Å²) in [7, 11) is 1.74. The summed E-state index contributed by atoms with van der Waals surface area (Å²) in [5.41, 5.74) is 3.88. The lowest BCUT2D eigenvalue weighted by Gasteiger charge is -2.37. The second-order valence-electron chi connectivity index (χ2n) is 5.65. The molecule has 1 saturated carbocycles. The van der Waals surface area contributed by atoms with E-state index in [2.05, 4.69) is 69.8 Å². The SMILES string of the molecule is COCc1ccccc1NC1CC(c2ccc(Br)cc2)C1. The second kappa shape index (κ2) is 6.63. The minimum atomic E-state index is 0.566. The van der Waals surface area contributed by atoms with Gasteiger partial charge >= 0.3 is 0 Å². The largest absolute Gasteiger partial charge is 0.382 e. The first-order chi connectivity index (χ1) is 10.3. The average molecular weight is 346 g/mol. The Labute approximate surface area is 134 Å². The minimum Gasteiger partial charge on any atom is -0.382 e. The Morgan fingerprint density at radius 2 is 1.81 bits per heavy atom. The van der Waals surface area contributed by atoms with Gasteiger partial charge in [0.2, 0.25) is 0 Å². The maximum Gasteiger partial charge on any atom is 0.0733 e. The molecule has 0 radical (unpaired) electrons. The van der Waals surface area contributed by atoms with Gasteiger partial charge in [0, 0.05) is 28.9 Å². The Kier molecular flexibility index (Phi) is 4.61. The molecule has 0 saturated heterocycles. The molecule has 1 aliphatic carbocycles. The van der Waals surface area contributed by atoms with Crippen LogP contribution in [0.25, 0.3) is 0 Å². The molecule has 0 atom stereocenters. The molecule has 2 aromatic carbocycles. The summed E-state index contributed by atoms with van der Waals surface area (Å²) in [6.45, 7) is 0.659. The summed E-state index contributed by atoms with van der Waals surface area (Å²) in [5.74, 6) is 0.685. The van der Waals surface area contributed by atoms with Crippen molar-refractivity contribution in [2.24, 2.45) is 0 Å². The van der Waals surface area contributed by atoms with Crippen LogP contribution in [-0.2, 0) is 11.3 Å². The molecule has 0 aliphatic heterocycles. The number of para-hydroxylation sites is 1. The third-order valence-corrected chi connectivity index (χ3v) is 4.68. The zero-order valence-corrected chi connectivity index (χ0v) is 13.8. The van der Waals surface area contributed by atoms with Crippen LogP contribution in [0.3, 0.4) is 0 Å². The molecule has 1 fully saturated rings. The van der Waals surface area contributed by atoms with Crippen LogP contribution in [0.2, 0.25) is 0 Å². The lowest BCUT2D eigenvalue weighted by atomic mass is 9.76. The molecule has 1 N–H and O–H groups in total. The van der Waals surface area contributed by atoms with Crippen LogP contribution in [0.4, 0.5) is 5.69 Å². The molecule has 0 spiro atoms. The zero-order chi connectivity index (χ0) is 14.7. The first-order valence-electron chi connectivity index (χ1n) is 7.35. The summed E-state index contributed by atoms with van der Waals surface area (Å²) in [4.78, 5) is 0. The van der Waals surface area contributed by atoms with Crippen molar-refractivity contribution < 1.29 is 4.74 Å². The Balaban J connectivity index is 1.58. The Morgan fingerprint density at radius 1 is 1.10 bits per heavy atom. The van der Waals surface area contributed by atoms with E-state index in [1.54, 1.807) is 7.11 Å². The van der Waals surface area contributed by atoms with Crippen molar-refractivity contribution in [1.29, 1.82) is 0 Å². The van der Waals surface area contributed by atoms with Gasteiger partial charge in [-0.2, -0.15) is 0 Å². The molecule has 3 heteroatoms. The highest BCUT2D eigenvalue weighted by atomic mass is 79.9. The molecule has 110 valence electrons. The number of hydrogen-bond donors (Lipinski definition) is 1. The van der Waals surface area contributed by atoms with Crippen LogP contribution in [0.1, 0.15) is 29.9 Å². The summed E-state index contributed by atoms with van der Waals surface area (Å²) in [5, 5.41) is 3.65. The number of benzene rings is 2. The fourth-order valence-electron chi connectivity index (χ4n) is 2.91. The Morgan fingerprint density at radius 3 is 2.52 bits per heavy atom. The molecular formula is C18H20BrNO. The number of methoxy groups -OCH3 is 1. The molecule has 1 aliphatic rings. The molecule has 21 heavy (non-hydrogen) atoms. The number of nitrogens with one attached hydrogen (secondary N) is 1. The fraction of sp³-hybridized carbons (Fsp3) is 0.333. The Bertz CT molecular complexity index is 590. The van der Waals surface area contributed by atoms with Gasteiger partial charge in [-0.15, -0.1) is 0 Å². The van der Waals surface area contributed by atoms with E-state index in [9.17, 15) is 0 Å². The summed E-state index contributed by atoms with van der Waals surface area (Å²) >= 11 is 3.49. The lowest BCUT2D eigenvalue weighted by molar-refractivity contribution is 0.185. The average Bonchev–Trinajstić information content (AvgIpc) is 2.46. The van der Waals surface area contributed by atoms with E-state index >= 15 is 0 Å². The van der Waals surface area contributed by atoms with E-state index in [-0.39, 0.29) is 0 Å². The van der Waals surface area contributed by atoms with Crippen LogP contribution in [0, 0.1) is 0 Å². The third-order valence-electron chi connectivity index (χ3n) is 4.16. The van der Waals surface area contributed by atoms with Gasteiger partial charge in [-0.1, -0.05) is 46.3 Å². The fourth-order valence-corrected chi connectivity index (χ4v) is 3.17. The van der Waals surface area contributed by atoms with Crippen molar-refractivity contribution in [3.05, 3.63) is 64.1 Å². The van der Waals surface area contributed by atoms with E-state index in [1.165, 1.54) is 29.7 Å². The minimum absolute atomic E-state index is 0.566. The van der Waals surface area contributed by atoms with E-state index in [1.807, 2.05) is 0 Å². The molecule has 3 rings (SSSR count). The predicted octanol–water partition coefficient (Wildman–Crippen LogP) is 4.95. The lowest BCUT2D eigenvalue weighted by Crippen LogP contribution is -2.34. The quantitative estimate of drug-likeness (QED) is 0.827. The number of rotatable bonds is 5. The highest BCUT2D eigenvalue weighted by Crippen LogP contribution is 2.39. The van der Waals surface area contributed by atoms with Gasteiger partial charge in [0.05, 0.1) is 6.61 Å². The molecule has 0 aromatic heterocycles. The molecule has 0 unspecified atom stereocenters. The van der Waals surface area contributed by atoms with E-state index < -0.39 is 0 Å². The second-order valence-corrected chi connectivity index (χ2v) is 6.57. The highest BCUT2D eigenvalue weighted by molar-refractivity contribution is 9.10. The van der Waals surface area contributed by atoms with Crippen LogP contribution in [-0.4, -0.2) is 13.2 Å². The third kappa shape index (κ3) is 3.47. The van der Waals surface area contributed by atoms with E-state index in [4.69, 9.17) is 4.74 Å². The molecule has 0 amide bonds. The van der Waals surface area contributed by atoms with Gasteiger partial charge in [-0.3, -0.25) is 0 Å². The Hall–Kier alpha value is -1.32. The van der Waals surface area contributed by atoms with Crippen molar-refractivity contribution in [3.8, 4) is 0 Å². The van der Waals surface area contributed by atoms with Gasteiger partial charge in [-0.05, 0) is 42.5 Å². The topological polar surface area (TPSA) is 21.3 Å². The van der Waals surface area contributed by atoms with Crippen LogP contribution in [0.15, 0.2) is 53.0 Å². The highest BCUT2D eigenvalue weighted by Gasteiger charge is 2.30. The van der Waals surface area contributed by atoms with E-state index in [0.717, 1.165) is 4.47 Å². The smallest absolute Gasteiger partial charge is 0.0733 e. The van der Waals surface area contributed by atoms with Crippen molar-refractivity contribution in [1.82, 2.24) is 0 Å². The number of anilines is 1. The van der Waals surface area contributed by atoms with Crippen LogP contribution in [0.5, 0.6) is 0 Å². The predicted molar refractivity (Wildman–Crippen MR) is 90.7 cm³/mol. The number of halogens is 1. The standard InChI is InChI=1S/C18H20BrNO/c1-21-12-14-4-2-3-5-18(14)20-17-10-15(11-17)13-6-8-16(19)9-7-13/h2-9,15,17,20H,10-12H2,1H3. The molecule has 2 nitrogen and oxygen atoms in total. The normalized spacial score (nSPS) is 20.9. The summed E-state index contributed by atoms with van der Waals surface area (Å²) in [6, 6.07) is 17.7. The first kappa shape index (κ1) is 14.6. The number of ether oxygens (including phenoxy) is 1. The maximum absolute atomic E-state index is 5.26. The van der Waals surface area contributed by atoms with Crippen LogP contribution >= 0.6 is 15.9 Å². The van der Waals surface area contributed by atoms with Gasteiger partial charge < -0.3 is 10.1 Å². The van der Waals surface area contributed by atoms with Gasteiger partial charge in [0.15, 0.2) is 0 Å². The van der Waals surface area contributed by atoms with Gasteiger partial charge in [0.1, 0.15) is 0 Å². The van der Waals surface area contributed by atoms with Crippen molar-refractivity contribution >= 4 is 21.6 Å².